The van der Waals surface area contributed by atoms with Crippen molar-refractivity contribution in [2.45, 2.75) is 32.1 Å². The molecule has 1 aliphatic carbocycles. The SMILES string of the molecule is O=C1NCC[C@H]2CCCC[C@H]2CN1. The minimum Gasteiger partial charge on any atom is -0.338 e. The third-order valence-electron chi connectivity index (χ3n) is 3.39. The number of hydrogen-bond donors (Lipinski definition) is 2. The fourth-order valence-corrected chi connectivity index (χ4v) is 2.59. The summed E-state index contributed by atoms with van der Waals surface area (Å²) in [5.41, 5.74) is 0. The molecule has 2 amide bonds. The van der Waals surface area contributed by atoms with E-state index in [1.54, 1.807) is 0 Å². The molecular formula is C10H18N2O. The van der Waals surface area contributed by atoms with Gasteiger partial charge in [-0.3, -0.25) is 0 Å². The van der Waals surface area contributed by atoms with Gasteiger partial charge in [-0.2, -0.15) is 0 Å². The predicted octanol–water partition coefficient (Wildman–Crippen LogP) is 1.50. The zero-order chi connectivity index (χ0) is 9.10. The first-order chi connectivity index (χ1) is 6.36. The first kappa shape index (κ1) is 8.85. The molecule has 3 heteroatoms. The summed E-state index contributed by atoms with van der Waals surface area (Å²) >= 11 is 0. The second-order valence-electron chi connectivity index (χ2n) is 4.23. The molecule has 0 bridgehead atoms. The summed E-state index contributed by atoms with van der Waals surface area (Å²) in [5, 5.41) is 5.80. The minimum atomic E-state index is 0.0176. The standard InChI is InChI=1S/C10H18N2O/c13-10-11-6-5-8-3-1-2-4-9(8)7-12-10/h8-9H,1-7H2,(H2,11,12,13)/t8-,9+/m1/s1. The van der Waals surface area contributed by atoms with E-state index in [1.807, 2.05) is 0 Å². The fourth-order valence-electron chi connectivity index (χ4n) is 2.59. The van der Waals surface area contributed by atoms with Crippen molar-refractivity contribution in [2.75, 3.05) is 13.1 Å². The maximum Gasteiger partial charge on any atom is 0.314 e. The van der Waals surface area contributed by atoms with Crippen molar-refractivity contribution in [3.8, 4) is 0 Å². The van der Waals surface area contributed by atoms with E-state index in [0.717, 1.165) is 24.9 Å². The van der Waals surface area contributed by atoms with Gasteiger partial charge in [-0.15, -0.1) is 0 Å². The van der Waals surface area contributed by atoms with E-state index < -0.39 is 0 Å². The number of rotatable bonds is 0. The molecule has 1 heterocycles. The van der Waals surface area contributed by atoms with Gasteiger partial charge in [0.05, 0.1) is 0 Å². The lowest BCUT2D eigenvalue weighted by molar-refractivity contribution is 0.195. The lowest BCUT2D eigenvalue weighted by Crippen LogP contribution is -2.44. The van der Waals surface area contributed by atoms with Gasteiger partial charge in [0.15, 0.2) is 0 Å². The second kappa shape index (κ2) is 3.99. The smallest absolute Gasteiger partial charge is 0.314 e. The molecular weight excluding hydrogens is 164 g/mol. The molecule has 0 radical (unpaired) electrons. The number of fused-ring (bicyclic) bond motifs is 1. The summed E-state index contributed by atoms with van der Waals surface area (Å²) in [4.78, 5) is 11.1. The predicted molar refractivity (Wildman–Crippen MR) is 51.5 cm³/mol. The first-order valence-corrected chi connectivity index (χ1v) is 5.38. The third-order valence-corrected chi connectivity index (χ3v) is 3.39. The molecule has 2 fully saturated rings. The van der Waals surface area contributed by atoms with Crippen LogP contribution in [0.15, 0.2) is 0 Å². The van der Waals surface area contributed by atoms with E-state index in [1.165, 1.54) is 32.1 Å². The van der Waals surface area contributed by atoms with Crippen LogP contribution in [0.4, 0.5) is 4.79 Å². The highest BCUT2D eigenvalue weighted by Crippen LogP contribution is 2.32. The van der Waals surface area contributed by atoms with Gasteiger partial charge in [-0.1, -0.05) is 19.3 Å². The van der Waals surface area contributed by atoms with Gasteiger partial charge >= 0.3 is 6.03 Å². The van der Waals surface area contributed by atoms with E-state index in [2.05, 4.69) is 10.6 Å². The summed E-state index contributed by atoms with van der Waals surface area (Å²) in [6.07, 6.45) is 6.59. The molecule has 1 saturated carbocycles. The number of nitrogens with one attached hydrogen (secondary N) is 2. The van der Waals surface area contributed by atoms with E-state index in [0.29, 0.717) is 0 Å². The highest BCUT2D eigenvalue weighted by atomic mass is 16.2. The average molecular weight is 182 g/mol. The molecule has 0 aromatic carbocycles. The van der Waals surface area contributed by atoms with E-state index in [4.69, 9.17) is 0 Å². The number of urea groups is 1. The van der Waals surface area contributed by atoms with E-state index in [9.17, 15) is 4.79 Å². The Bertz CT molecular complexity index is 193. The van der Waals surface area contributed by atoms with Crippen molar-refractivity contribution >= 4 is 6.03 Å². The number of hydrogen-bond acceptors (Lipinski definition) is 1. The molecule has 13 heavy (non-hydrogen) atoms. The third kappa shape index (κ3) is 2.14. The largest absolute Gasteiger partial charge is 0.338 e. The van der Waals surface area contributed by atoms with Gasteiger partial charge in [-0.25, -0.2) is 4.79 Å². The summed E-state index contributed by atoms with van der Waals surface area (Å²) in [6.45, 7) is 1.74. The summed E-state index contributed by atoms with van der Waals surface area (Å²) in [6, 6.07) is 0.0176. The zero-order valence-corrected chi connectivity index (χ0v) is 8.01. The van der Waals surface area contributed by atoms with E-state index in [-0.39, 0.29) is 6.03 Å². The second-order valence-corrected chi connectivity index (χ2v) is 4.23. The normalized spacial score (nSPS) is 34.9. The van der Waals surface area contributed by atoms with Gasteiger partial charge in [-0.05, 0) is 24.7 Å². The van der Waals surface area contributed by atoms with Crippen LogP contribution in [-0.4, -0.2) is 19.1 Å². The topological polar surface area (TPSA) is 41.1 Å². The summed E-state index contributed by atoms with van der Waals surface area (Å²) < 4.78 is 0. The van der Waals surface area contributed by atoms with Crippen LogP contribution in [-0.2, 0) is 0 Å². The Balaban J connectivity index is 1.93. The number of amides is 2. The molecule has 2 rings (SSSR count). The molecule has 2 aliphatic rings. The minimum absolute atomic E-state index is 0.0176. The van der Waals surface area contributed by atoms with Gasteiger partial charge in [0, 0.05) is 13.1 Å². The van der Waals surface area contributed by atoms with Crippen molar-refractivity contribution < 1.29 is 4.79 Å². The monoisotopic (exact) mass is 182 g/mol. The quantitative estimate of drug-likeness (QED) is 0.585. The average Bonchev–Trinajstić information content (AvgIpc) is 2.13. The van der Waals surface area contributed by atoms with E-state index >= 15 is 0 Å². The molecule has 0 aromatic heterocycles. The van der Waals surface area contributed by atoms with Gasteiger partial charge < -0.3 is 10.6 Å². The molecule has 0 spiro atoms. The lowest BCUT2D eigenvalue weighted by Gasteiger charge is -2.33. The Morgan fingerprint density at radius 2 is 1.77 bits per heavy atom. The Labute approximate surface area is 79.3 Å². The summed E-state index contributed by atoms with van der Waals surface area (Å²) in [7, 11) is 0. The maximum atomic E-state index is 11.1. The summed E-state index contributed by atoms with van der Waals surface area (Å²) in [5.74, 6) is 1.60. The zero-order valence-electron chi connectivity index (χ0n) is 8.01. The van der Waals surface area contributed by atoms with Crippen LogP contribution in [0.2, 0.25) is 0 Å². The highest BCUT2D eigenvalue weighted by molar-refractivity contribution is 5.73. The Morgan fingerprint density at radius 3 is 2.62 bits per heavy atom. The van der Waals surface area contributed by atoms with Crippen molar-refractivity contribution in [3.63, 3.8) is 0 Å². The number of carbonyl (C=O) groups excluding carboxylic acids is 1. The molecule has 0 aromatic rings. The highest BCUT2D eigenvalue weighted by Gasteiger charge is 2.26. The molecule has 2 atom stereocenters. The first-order valence-electron chi connectivity index (χ1n) is 5.38. The van der Waals surface area contributed by atoms with Crippen molar-refractivity contribution in [1.29, 1.82) is 0 Å². The van der Waals surface area contributed by atoms with Gasteiger partial charge in [0.2, 0.25) is 0 Å². The van der Waals surface area contributed by atoms with Gasteiger partial charge in [0.25, 0.3) is 0 Å². The number of carbonyl (C=O) groups is 1. The molecule has 74 valence electrons. The van der Waals surface area contributed by atoms with Crippen LogP contribution in [0, 0.1) is 11.8 Å². The fraction of sp³-hybridized carbons (Fsp3) is 0.900. The molecule has 1 saturated heterocycles. The van der Waals surface area contributed by atoms with Gasteiger partial charge in [0.1, 0.15) is 0 Å². The van der Waals surface area contributed by atoms with Crippen LogP contribution < -0.4 is 10.6 Å². The molecule has 2 N–H and O–H groups in total. The molecule has 0 unspecified atom stereocenters. The molecule has 3 nitrogen and oxygen atoms in total. The van der Waals surface area contributed by atoms with Crippen molar-refractivity contribution in [3.05, 3.63) is 0 Å². The Kier molecular flexibility index (Phi) is 2.71. The maximum absolute atomic E-state index is 11.1. The lowest BCUT2D eigenvalue weighted by atomic mass is 9.77. The Hall–Kier alpha value is -0.730. The van der Waals surface area contributed by atoms with Crippen LogP contribution in [0.3, 0.4) is 0 Å². The van der Waals surface area contributed by atoms with Crippen LogP contribution in [0.25, 0.3) is 0 Å². The Morgan fingerprint density at radius 1 is 1.00 bits per heavy atom. The van der Waals surface area contributed by atoms with Crippen molar-refractivity contribution in [2.24, 2.45) is 11.8 Å². The van der Waals surface area contributed by atoms with Crippen LogP contribution in [0.1, 0.15) is 32.1 Å². The van der Waals surface area contributed by atoms with Crippen molar-refractivity contribution in [1.82, 2.24) is 10.6 Å². The molecule has 1 aliphatic heterocycles. The van der Waals surface area contributed by atoms with Crippen LogP contribution >= 0.6 is 0 Å². The van der Waals surface area contributed by atoms with Crippen LogP contribution in [0.5, 0.6) is 0 Å².